The van der Waals surface area contributed by atoms with Gasteiger partial charge in [0.05, 0.1) is 0 Å². The summed E-state index contributed by atoms with van der Waals surface area (Å²) in [6, 6.07) is 36.7. The number of hydrogen-bond donors (Lipinski definition) is 0. The third-order valence-corrected chi connectivity index (χ3v) is 9.18. The molecule has 0 nitrogen and oxygen atoms in total. The minimum atomic E-state index is -0.0912. The fourth-order valence-corrected chi connectivity index (χ4v) is 7.41. The zero-order valence-electron chi connectivity index (χ0n) is 21.2. The van der Waals surface area contributed by atoms with Crippen molar-refractivity contribution in [3.05, 3.63) is 119 Å². The molecule has 0 amide bonds. The molecule has 0 saturated heterocycles. The lowest BCUT2D eigenvalue weighted by atomic mass is 9.78. The molecule has 0 heterocycles. The van der Waals surface area contributed by atoms with E-state index < -0.39 is 0 Å². The van der Waals surface area contributed by atoms with Gasteiger partial charge >= 0.3 is 0 Å². The van der Waals surface area contributed by atoms with E-state index in [1.54, 1.807) is 0 Å². The second kappa shape index (κ2) is 6.45. The highest BCUT2D eigenvalue weighted by molar-refractivity contribution is 6.20. The van der Waals surface area contributed by atoms with Crippen LogP contribution < -0.4 is 0 Å². The molecule has 36 heavy (non-hydrogen) atoms. The number of rotatable bonds is 0. The number of benzene rings is 6. The molecular formula is C36H28. The van der Waals surface area contributed by atoms with Crippen LogP contribution >= 0.6 is 0 Å². The van der Waals surface area contributed by atoms with Crippen LogP contribution in [0, 0.1) is 0 Å². The molecule has 0 fully saturated rings. The Bertz CT molecular complexity index is 1930. The van der Waals surface area contributed by atoms with Gasteiger partial charge in [-0.3, -0.25) is 0 Å². The van der Waals surface area contributed by atoms with Crippen molar-refractivity contribution in [2.24, 2.45) is 0 Å². The quantitative estimate of drug-likeness (QED) is 0.156. The van der Waals surface area contributed by atoms with Crippen LogP contribution in [0.5, 0.6) is 0 Å². The highest BCUT2D eigenvalue weighted by Gasteiger charge is 2.43. The van der Waals surface area contributed by atoms with Crippen molar-refractivity contribution in [1.82, 2.24) is 0 Å². The third-order valence-electron chi connectivity index (χ3n) is 9.18. The molecule has 6 aromatic rings. The Hall–Kier alpha value is -3.90. The summed E-state index contributed by atoms with van der Waals surface area (Å²) < 4.78 is 0. The Morgan fingerprint density at radius 3 is 1.78 bits per heavy atom. The van der Waals surface area contributed by atoms with Crippen LogP contribution in [0.25, 0.3) is 54.6 Å². The van der Waals surface area contributed by atoms with Crippen molar-refractivity contribution in [1.29, 1.82) is 0 Å². The maximum atomic E-state index is 2.54. The predicted octanol–water partition coefficient (Wildman–Crippen LogP) is 9.76. The maximum absolute atomic E-state index is 2.54. The van der Waals surface area contributed by atoms with Gasteiger partial charge in [-0.15, -0.1) is 0 Å². The van der Waals surface area contributed by atoms with Crippen molar-refractivity contribution < 1.29 is 0 Å². The van der Waals surface area contributed by atoms with Crippen LogP contribution in [-0.4, -0.2) is 0 Å². The summed E-state index contributed by atoms with van der Waals surface area (Å²) >= 11 is 0. The van der Waals surface area contributed by atoms with E-state index in [1.807, 2.05) is 0 Å². The van der Waals surface area contributed by atoms with Crippen LogP contribution in [0.2, 0.25) is 0 Å². The fraction of sp³-hybridized carbons (Fsp3) is 0.167. The summed E-state index contributed by atoms with van der Waals surface area (Å²) in [5.74, 6) is 0. The Morgan fingerprint density at radius 1 is 0.417 bits per heavy atom. The standard InChI is InChI=1S/C36H28/c1-35(2)30-16-10-9-14-24(30)27-19-32-29(20-31(27)35)33-25-15-8-7-13-23(25)26-17-21-11-5-6-12-22(21)18-28(26)34(33)36(32,3)4/h5-20H,1-4H3. The van der Waals surface area contributed by atoms with Crippen LogP contribution in [-0.2, 0) is 10.8 Å². The lowest BCUT2D eigenvalue weighted by molar-refractivity contribution is 0.654. The molecule has 0 saturated carbocycles. The molecule has 0 aliphatic heterocycles. The Labute approximate surface area is 212 Å². The summed E-state index contributed by atoms with van der Waals surface area (Å²) in [5, 5.41) is 8.09. The lowest BCUT2D eigenvalue weighted by Gasteiger charge is -2.25. The molecule has 0 unspecified atom stereocenters. The largest absolute Gasteiger partial charge is 0.0619 e. The molecule has 2 aliphatic rings. The van der Waals surface area contributed by atoms with E-state index in [-0.39, 0.29) is 10.8 Å². The Balaban J connectivity index is 1.56. The van der Waals surface area contributed by atoms with E-state index in [0.717, 1.165) is 0 Å². The molecule has 172 valence electrons. The van der Waals surface area contributed by atoms with E-state index in [1.165, 1.54) is 76.8 Å². The van der Waals surface area contributed by atoms with Gasteiger partial charge in [0.2, 0.25) is 0 Å². The van der Waals surface area contributed by atoms with E-state index in [4.69, 9.17) is 0 Å². The molecule has 0 atom stereocenters. The highest BCUT2D eigenvalue weighted by Crippen LogP contribution is 2.59. The van der Waals surface area contributed by atoms with Crippen molar-refractivity contribution in [3.63, 3.8) is 0 Å². The first-order valence-electron chi connectivity index (χ1n) is 13.0. The van der Waals surface area contributed by atoms with E-state index in [9.17, 15) is 0 Å². The Kier molecular flexibility index (Phi) is 3.64. The van der Waals surface area contributed by atoms with Gasteiger partial charge in [-0.1, -0.05) is 100 Å². The van der Waals surface area contributed by atoms with Crippen LogP contribution in [0.15, 0.2) is 97.1 Å². The lowest BCUT2D eigenvalue weighted by Crippen LogP contribution is -2.17. The van der Waals surface area contributed by atoms with Gasteiger partial charge in [0.1, 0.15) is 0 Å². The molecular weight excluding hydrogens is 432 g/mol. The normalized spacial score (nSPS) is 16.2. The van der Waals surface area contributed by atoms with Gasteiger partial charge in [0, 0.05) is 10.8 Å². The molecule has 0 radical (unpaired) electrons. The molecule has 0 heteroatoms. The zero-order chi connectivity index (χ0) is 24.4. The SMILES string of the molecule is CC1(C)c2ccccc2-c2cc3c(cc21)-c1c(c2cc4ccccc4cc2c2ccccc12)C3(C)C. The van der Waals surface area contributed by atoms with E-state index in [2.05, 4.69) is 125 Å². The summed E-state index contributed by atoms with van der Waals surface area (Å²) in [6.07, 6.45) is 0. The molecule has 0 bridgehead atoms. The summed E-state index contributed by atoms with van der Waals surface area (Å²) in [6.45, 7) is 9.63. The molecule has 0 N–H and O–H groups in total. The second-order valence-electron chi connectivity index (χ2n) is 11.8. The number of fused-ring (bicyclic) bond motifs is 12. The number of hydrogen-bond acceptors (Lipinski definition) is 0. The Morgan fingerprint density at radius 2 is 1.00 bits per heavy atom. The van der Waals surface area contributed by atoms with E-state index >= 15 is 0 Å². The van der Waals surface area contributed by atoms with Crippen molar-refractivity contribution >= 4 is 32.3 Å². The molecule has 2 aliphatic carbocycles. The van der Waals surface area contributed by atoms with Gasteiger partial charge in [-0.25, -0.2) is 0 Å². The second-order valence-corrected chi connectivity index (χ2v) is 11.8. The minimum absolute atomic E-state index is 0.00327. The van der Waals surface area contributed by atoms with Gasteiger partial charge in [-0.2, -0.15) is 0 Å². The van der Waals surface area contributed by atoms with Crippen molar-refractivity contribution in [2.45, 2.75) is 38.5 Å². The summed E-state index contributed by atoms with van der Waals surface area (Å²) in [7, 11) is 0. The smallest absolute Gasteiger partial charge is 0.0165 e. The molecule has 0 aromatic heterocycles. The summed E-state index contributed by atoms with van der Waals surface area (Å²) in [4.78, 5) is 0. The van der Waals surface area contributed by atoms with Crippen LogP contribution in [0.4, 0.5) is 0 Å². The fourth-order valence-electron chi connectivity index (χ4n) is 7.41. The molecule has 0 spiro atoms. The summed E-state index contributed by atoms with van der Waals surface area (Å²) in [5.41, 5.74) is 11.4. The van der Waals surface area contributed by atoms with E-state index in [0.29, 0.717) is 0 Å². The van der Waals surface area contributed by atoms with Gasteiger partial charge in [-0.05, 0) is 101 Å². The first-order chi connectivity index (χ1) is 17.4. The van der Waals surface area contributed by atoms with Crippen LogP contribution in [0.1, 0.15) is 49.9 Å². The molecule has 8 rings (SSSR count). The van der Waals surface area contributed by atoms with Gasteiger partial charge < -0.3 is 0 Å². The maximum Gasteiger partial charge on any atom is 0.0165 e. The van der Waals surface area contributed by atoms with Gasteiger partial charge in [0.25, 0.3) is 0 Å². The first-order valence-corrected chi connectivity index (χ1v) is 13.0. The average molecular weight is 461 g/mol. The van der Waals surface area contributed by atoms with Gasteiger partial charge in [0.15, 0.2) is 0 Å². The molecule has 6 aromatic carbocycles. The first kappa shape index (κ1) is 20.3. The average Bonchev–Trinajstić information content (AvgIpc) is 3.27. The third kappa shape index (κ3) is 2.31. The van der Waals surface area contributed by atoms with Crippen LogP contribution in [0.3, 0.4) is 0 Å². The zero-order valence-corrected chi connectivity index (χ0v) is 21.2. The predicted molar refractivity (Wildman–Crippen MR) is 154 cm³/mol. The monoisotopic (exact) mass is 460 g/mol. The van der Waals surface area contributed by atoms with Crippen molar-refractivity contribution in [3.8, 4) is 22.3 Å². The van der Waals surface area contributed by atoms with Crippen molar-refractivity contribution in [2.75, 3.05) is 0 Å². The highest BCUT2D eigenvalue weighted by atomic mass is 14.5. The topological polar surface area (TPSA) is 0 Å². The minimum Gasteiger partial charge on any atom is -0.0619 e.